The molecule has 1 fully saturated rings. The summed E-state index contributed by atoms with van der Waals surface area (Å²) in [6.07, 6.45) is 4.71. The number of nitrogens with zero attached hydrogens (tertiary/aromatic N) is 5. The van der Waals surface area contributed by atoms with Gasteiger partial charge in [-0.3, -0.25) is 4.79 Å². The Balaban J connectivity index is 1.75. The quantitative estimate of drug-likeness (QED) is 0.591. The van der Waals surface area contributed by atoms with Crippen LogP contribution >= 0.6 is 0 Å². The molecule has 1 aliphatic heterocycles. The van der Waals surface area contributed by atoms with Gasteiger partial charge in [0.05, 0.1) is 0 Å². The number of aryl methyl sites for hydroxylation is 1. The first-order valence-corrected chi connectivity index (χ1v) is 9.05. The van der Waals surface area contributed by atoms with Crippen LogP contribution in [0.3, 0.4) is 0 Å². The Bertz CT molecular complexity index is 831. The molecule has 1 atom stereocenters. The van der Waals surface area contributed by atoms with Crippen molar-refractivity contribution >= 4 is 23.6 Å². The summed E-state index contributed by atoms with van der Waals surface area (Å²) in [5.41, 5.74) is 0.957. The smallest absolute Gasteiger partial charge is 0.357 e. The molecule has 2 aromatic rings. The number of esters is 1. The molecular weight excluding hydrogens is 346 g/mol. The normalized spacial score (nSPS) is 17.6. The molecule has 142 valence electrons. The van der Waals surface area contributed by atoms with E-state index in [-0.39, 0.29) is 24.3 Å². The zero-order valence-electron chi connectivity index (χ0n) is 15.5. The van der Waals surface area contributed by atoms with E-state index in [4.69, 9.17) is 4.74 Å². The van der Waals surface area contributed by atoms with Crippen molar-refractivity contribution in [3.8, 4) is 0 Å². The SMILES string of the molecule is Cc1nnnn1/C(=C\c1ccccc1)C(=O)OCC(=O)N1CCCC[C@H]1C. The number of rotatable bonds is 5. The Kier molecular flexibility index (Phi) is 5.95. The van der Waals surface area contributed by atoms with E-state index in [1.54, 1.807) is 17.9 Å². The second-order valence-corrected chi connectivity index (χ2v) is 6.59. The van der Waals surface area contributed by atoms with Crippen molar-refractivity contribution in [2.75, 3.05) is 13.2 Å². The maximum Gasteiger partial charge on any atom is 0.357 e. The molecule has 0 N–H and O–H groups in total. The predicted octanol–water partition coefficient (Wildman–Crippen LogP) is 1.92. The van der Waals surface area contributed by atoms with Crippen molar-refractivity contribution in [3.05, 3.63) is 41.7 Å². The lowest BCUT2D eigenvalue weighted by Crippen LogP contribution is -2.44. The average molecular weight is 369 g/mol. The summed E-state index contributed by atoms with van der Waals surface area (Å²) < 4.78 is 6.61. The fourth-order valence-corrected chi connectivity index (χ4v) is 3.12. The molecule has 0 spiro atoms. The highest BCUT2D eigenvalue weighted by Crippen LogP contribution is 2.17. The van der Waals surface area contributed by atoms with Crippen molar-refractivity contribution in [2.45, 2.75) is 39.2 Å². The van der Waals surface area contributed by atoms with Gasteiger partial charge in [0.15, 0.2) is 18.1 Å². The zero-order valence-corrected chi connectivity index (χ0v) is 15.5. The maximum absolute atomic E-state index is 12.7. The van der Waals surface area contributed by atoms with Gasteiger partial charge in [-0.2, -0.15) is 4.68 Å². The third-order valence-electron chi connectivity index (χ3n) is 4.62. The Hall–Kier alpha value is -3.03. The number of tetrazole rings is 1. The summed E-state index contributed by atoms with van der Waals surface area (Å²) in [7, 11) is 0. The van der Waals surface area contributed by atoms with Crippen molar-refractivity contribution < 1.29 is 14.3 Å². The molecule has 1 amide bonds. The number of likely N-dealkylation sites (tertiary alicyclic amines) is 1. The van der Waals surface area contributed by atoms with E-state index >= 15 is 0 Å². The van der Waals surface area contributed by atoms with E-state index in [9.17, 15) is 9.59 Å². The number of benzene rings is 1. The average Bonchev–Trinajstić information content (AvgIpc) is 3.10. The van der Waals surface area contributed by atoms with Crippen molar-refractivity contribution in [1.29, 1.82) is 0 Å². The highest BCUT2D eigenvalue weighted by atomic mass is 16.5. The molecular formula is C19H23N5O3. The summed E-state index contributed by atoms with van der Waals surface area (Å²) >= 11 is 0. The third kappa shape index (κ3) is 4.58. The van der Waals surface area contributed by atoms with Gasteiger partial charge in [-0.1, -0.05) is 30.3 Å². The lowest BCUT2D eigenvalue weighted by atomic mass is 10.0. The van der Waals surface area contributed by atoms with E-state index in [1.807, 2.05) is 37.3 Å². The summed E-state index contributed by atoms with van der Waals surface area (Å²) in [6.45, 7) is 4.11. The molecule has 1 aromatic heterocycles. The first-order chi connectivity index (χ1) is 13.1. The minimum absolute atomic E-state index is 0.156. The summed E-state index contributed by atoms with van der Waals surface area (Å²) in [4.78, 5) is 26.9. The number of hydrogen-bond acceptors (Lipinski definition) is 6. The molecule has 1 aliphatic rings. The largest absolute Gasteiger partial charge is 0.451 e. The van der Waals surface area contributed by atoms with Crippen LogP contribution in [0.2, 0.25) is 0 Å². The lowest BCUT2D eigenvalue weighted by molar-refractivity contribution is -0.149. The van der Waals surface area contributed by atoms with Crippen LogP contribution in [-0.2, 0) is 14.3 Å². The summed E-state index contributed by atoms with van der Waals surface area (Å²) in [5, 5.41) is 11.3. The van der Waals surface area contributed by atoms with Gasteiger partial charge in [-0.15, -0.1) is 5.10 Å². The molecule has 0 bridgehead atoms. The fourth-order valence-electron chi connectivity index (χ4n) is 3.12. The summed E-state index contributed by atoms with van der Waals surface area (Å²) in [6, 6.07) is 9.49. The molecule has 0 unspecified atom stereocenters. The molecule has 0 saturated carbocycles. The van der Waals surface area contributed by atoms with E-state index in [0.717, 1.165) is 24.8 Å². The monoisotopic (exact) mass is 369 g/mol. The molecule has 2 heterocycles. The number of piperidine rings is 1. The molecule has 27 heavy (non-hydrogen) atoms. The van der Waals surface area contributed by atoms with Crippen molar-refractivity contribution in [3.63, 3.8) is 0 Å². The van der Waals surface area contributed by atoms with Crippen LogP contribution in [0, 0.1) is 6.92 Å². The van der Waals surface area contributed by atoms with Gasteiger partial charge >= 0.3 is 5.97 Å². The van der Waals surface area contributed by atoms with Crippen LogP contribution in [0.15, 0.2) is 30.3 Å². The van der Waals surface area contributed by atoms with Crippen LogP contribution in [-0.4, -0.2) is 56.2 Å². The van der Waals surface area contributed by atoms with Crippen LogP contribution in [0.25, 0.3) is 11.8 Å². The van der Waals surface area contributed by atoms with Crippen LogP contribution in [0.1, 0.15) is 37.6 Å². The molecule has 1 aromatic carbocycles. The standard InChI is InChI=1S/C19H23N5O3/c1-14-8-6-7-11-23(14)18(25)13-27-19(26)17(24-15(2)20-21-22-24)12-16-9-4-3-5-10-16/h3-5,9-10,12,14H,6-8,11,13H2,1-2H3/b17-12-/t14-/m1/s1. The third-order valence-corrected chi connectivity index (χ3v) is 4.62. The lowest BCUT2D eigenvalue weighted by Gasteiger charge is -2.33. The highest BCUT2D eigenvalue weighted by molar-refractivity contribution is 6.15. The first-order valence-electron chi connectivity index (χ1n) is 9.05. The van der Waals surface area contributed by atoms with Gasteiger partial charge in [0.1, 0.15) is 0 Å². The Morgan fingerprint density at radius 1 is 1.26 bits per heavy atom. The van der Waals surface area contributed by atoms with E-state index in [0.29, 0.717) is 12.4 Å². The maximum atomic E-state index is 12.7. The molecule has 1 saturated heterocycles. The van der Waals surface area contributed by atoms with Crippen LogP contribution in [0.5, 0.6) is 0 Å². The van der Waals surface area contributed by atoms with Gasteiger partial charge in [0.2, 0.25) is 0 Å². The molecule has 8 nitrogen and oxygen atoms in total. The number of ether oxygens (including phenoxy) is 1. The zero-order chi connectivity index (χ0) is 19.2. The van der Waals surface area contributed by atoms with Gasteiger partial charge in [-0.25, -0.2) is 4.79 Å². The van der Waals surface area contributed by atoms with E-state index < -0.39 is 5.97 Å². The van der Waals surface area contributed by atoms with Crippen molar-refractivity contribution in [2.24, 2.45) is 0 Å². The number of carbonyl (C=O) groups excluding carboxylic acids is 2. The van der Waals surface area contributed by atoms with E-state index in [1.165, 1.54) is 4.68 Å². The fraction of sp³-hybridized carbons (Fsp3) is 0.421. The summed E-state index contributed by atoms with van der Waals surface area (Å²) in [5.74, 6) is -0.375. The first kappa shape index (κ1) is 18.8. The Morgan fingerprint density at radius 3 is 2.70 bits per heavy atom. The predicted molar refractivity (Wildman–Crippen MR) is 99.1 cm³/mol. The number of amides is 1. The van der Waals surface area contributed by atoms with Gasteiger partial charge in [0.25, 0.3) is 5.91 Å². The van der Waals surface area contributed by atoms with Gasteiger partial charge in [0, 0.05) is 12.6 Å². The minimum Gasteiger partial charge on any atom is -0.451 e. The van der Waals surface area contributed by atoms with Crippen LogP contribution in [0.4, 0.5) is 0 Å². The topological polar surface area (TPSA) is 90.2 Å². The number of aromatic nitrogens is 4. The van der Waals surface area contributed by atoms with Crippen molar-refractivity contribution in [1.82, 2.24) is 25.1 Å². The second kappa shape index (κ2) is 8.57. The Labute approximate surface area is 157 Å². The van der Waals surface area contributed by atoms with E-state index in [2.05, 4.69) is 15.5 Å². The molecule has 3 rings (SSSR count). The molecule has 0 radical (unpaired) electrons. The number of carbonyl (C=O) groups is 2. The van der Waals surface area contributed by atoms with Crippen LogP contribution < -0.4 is 0 Å². The van der Waals surface area contributed by atoms with Gasteiger partial charge in [-0.05, 0) is 55.2 Å². The molecule has 8 heteroatoms. The second-order valence-electron chi connectivity index (χ2n) is 6.59. The number of hydrogen-bond donors (Lipinski definition) is 0. The van der Waals surface area contributed by atoms with Gasteiger partial charge < -0.3 is 9.64 Å². The highest BCUT2D eigenvalue weighted by Gasteiger charge is 2.25. The molecule has 0 aliphatic carbocycles. The minimum atomic E-state index is -0.646. The Morgan fingerprint density at radius 2 is 2.04 bits per heavy atom.